The average molecular weight is 316 g/mol. The van der Waals surface area contributed by atoms with E-state index in [4.69, 9.17) is 11.6 Å². The molecule has 2 heterocycles. The lowest BCUT2D eigenvalue weighted by molar-refractivity contribution is -0.128. The Morgan fingerprint density at radius 2 is 1.95 bits per heavy atom. The summed E-state index contributed by atoms with van der Waals surface area (Å²) >= 11 is 7.31. The third-order valence-electron chi connectivity index (χ3n) is 3.27. The molecule has 110 valence electrons. The lowest BCUT2D eigenvalue weighted by Gasteiger charge is -2.21. The number of rotatable bonds is 2. The van der Waals surface area contributed by atoms with E-state index in [2.05, 4.69) is 5.32 Å². The van der Waals surface area contributed by atoms with Gasteiger partial charge in [-0.1, -0.05) is 11.6 Å². The molecule has 3 amide bonds. The number of thiophene rings is 1. The van der Waals surface area contributed by atoms with Crippen LogP contribution in [0.15, 0.2) is 12.1 Å². The monoisotopic (exact) mass is 315 g/mol. The molecule has 0 aliphatic carbocycles. The standard InChI is InChI=1S/C13H18ClN3O2S/c1-10(18)16-5-2-6-17(8-7-16)13(19)15-9-11-3-4-12(14)20-11/h3-4H,2,5-9H2,1H3,(H,15,19). The van der Waals surface area contributed by atoms with Gasteiger partial charge < -0.3 is 15.1 Å². The molecule has 1 saturated heterocycles. The van der Waals surface area contributed by atoms with Crippen LogP contribution in [0.4, 0.5) is 4.79 Å². The second-order valence-corrected chi connectivity index (χ2v) is 6.51. The Morgan fingerprint density at radius 3 is 2.60 bits per heavy atom. The first kappa shape index (κ1) is 15.1. The number of halogens is 1. The minimum Gasteiger partial charge on any atom is -0.341 e. The Kier molecular flexibility index (Phi) is 5.25. The Hall–Kier alpha value is -1.27. The first-order valence-corrected chi connectivity index (χ1v) is 7.78. The molecule has 20 heavy (non-hydrogen) atoms. The fourth-order valence-electron chi connectivity index (χ4n) is 2.16. The van der Waals surface area contributed by atoms with E-state index in [0.717, 1.165) is 22.2 Å². The number of hydrogen-bond donors (Lipinski definition) is 1. The number of carbonyl (C=O) groups is 2. The Bertz CT molecular complexity index is 492. The van der Waals surface area contributed by atoms with Gasteiger partial charge in [0.15, 0.2) is 0 Å². The third kappa shape index (κ3) is 4.11. The maximum Gasteiger partial charge on any atom is 0.317 e. The summed E-state index contributed by atoms with van der Waals surface area (Å²) in [6.07, 6.45) is 0.817. The summed E-state index contributed by atoms with van der Waals surface area (Å²) in [6.45, 7) is 4.64. The largest absolute Gasteiger partial charge is 0.341 e. The van der Waals surface area contributed by atoms with E-state index in [1.54, 1.807) is 16.7 Å². The van der Waals surface area contributed by atoms with Crippen molar-refractivity contribution in [1.29, 1.82) is 0 Å². The molecule has 0 unspecified atom stereocenters. The van der Waals surface area contributed by atoms with Crippen LogP contribution in [-0.2, 0) is 11.3 Å². The SMILES string of the molecule is CC(=O)N1CCCN(C(=O)NCc2ccc(Cl)s2)CC1. The second kappa shape index (κ2) is 6.95. The molecule has 0 bridgehead atoms. The van der Waals surface area contributed by atoms with Crippen molar-refractivity contribution in [2.75, 3.05) is 26.2 Å². The zero-order valence-corrected chi connectivity index (χ0v) is 13.0. The van der Waals surface area contributed by atoms with Gasteiger partial charge in [-0.2, -0.15) is 0 Å². The Balaban J connectivity index is 1.81. The van der Waals surface area contributed by atoms with Crippen molar-refractivity contribution in [3.8, 4) is 0 Å². The van der Waals surface area contributed by atoms with Crippen LogP contribution in [0, 0.1) is 0 Å². The predicted octanol–water partition coefficient (Wildman–Crippen LogP) is 2.17. The molecule has 0 aromatic carbocycles. The molecule has 1 aromatic heterocycles. The van der Waals surface area contributed by atoms with Crippen molar-refractivity contribution in [3.05, 3.63) is 21.3 Å². The summed E-state index contributed by atoms with van der Waals surface area (Å²) in [6, 6.07) is 3.65. The van der Waals surface area contributed by atoms with E-state index in [-0.39, 0.29) is 11.9 Å². The topological polar surface area (TPSA) is 52.7 Å². The van der Waals surface area contributed by atoms with Gasteiger partial charge in [-0.3, -0.25) is 4.79 Å². The van der Waals surface area contributed by atoms with Crippen LogP contribution >= 0.6 is 22.9 Å². The van der Waals surface area contributed by atoms with Crippen LogP contribution in [0.25, 0.3) is 0 Å². The molecule has 1 aliphatic rings. The smallest absolute Gasteiger partial charge is 0.317 e. The molecule has 5 nitrogen and oxygen atoms in total. The summed E-state index contributed by atoms with van der Waals surface area (Å²) in [5, 5.41) is 2.89. The van der Waals surface area contributed by atoms with Crippen LogP contribution in [-0.4, -0.2) is 47.9 Å². The van der Waals surface area contributed by atoms with Crippen molar-refractivity contribution in [2.45, 2.75) is 19.9 Å². The molecule has 0 saturated carbocycles. The lowest BCUT2D eigenvalue weighted by Crippen LogP contribution is -2.42. The zero-order valence-electron chi connectivity index (χ0n) is 11.4. The summed E-state index contributed by atoms with van der Waals surface area (Å²) in [5.41, 5.74) is 0. The lowest BCUT2D eigenvalue weighted by atomic mass is 10.4. The fourth-order valence-corrected chi connectivity index (χ4v) is 3.18. The van der Waals surface area contributed by atoms with Gasteiger partial charge in [0, 0.05) is 38.0 Å². The molecular weight excluding hydrogens is 298 g/mol. The molecule has 1 fully saturated rings. The summed E-state index contributed by atoms with van der Waals surface area (Å²) in [5.74, 6) is 0.0699. The van der Waals surface area contributed by atoms with Gasteiger partial charge >= 0.3 is 6.03 Å². The van der Waals surface area contributed by atoms with Crippen molar-refractivity contribution < 1.29 is 9.59 Å². The summed E-state index contributed by atoms with van der Waals surface area (Å²) in [4.78, 5) is 28.0. The molecule has 0 atom stereocenters. The van der Waals surface area contributed by atoms with E-state index in [0.29, 0.717) is 26.2 Å². The van der Waals surface area contributed by atoms with Gasteiger partial charge in [0.1, 0.15) is 0 Å². The number of nitrogens with one attached hydrogen (secondary N) is 1. The van der Waals surface area contributed by atoms with Crippen LogP contribution in [0.3, 0.4) is 0 Å². The van der Waals surface area contributed by atoms with E-state index in [9.17, 15) is 9.59 Å². The molecule has 7 heteroatoms. The van der Waals surface area contributed by atoms with Crippen LogP contribution in [0.5, 0.6) is 0 Å². The average Bonchev–Trinajstić information content (AvgIpc) is 2.68. The Labute approximate surface area is 127 Å². The minimum atomic E-state index is -0.0834. The van der Waals surface area contributed by atoms with Crippen molar-refractivity contribution in [3.63, 3.8) is 0 Å². The molecule has 1 N–H and O–H groups in total. The van der Waals surface area contributed by atoms with Gasteiger partial charge in [-0.05, 0) is 18.6 Å². The van der Waals surface area contributed by atoms with Crippen LogP contribution < -0.4 is 5.32 Å². The highest BCUT2D eigenvalue weighted by atomic mass is 35.5. The highest BCUT2D eigenvalue weighted by Crippen LogP contribution is 2.21. The second-order valence-electron chi connectivity index (χ2n) is 4.71. The molecule has 2 rings (SSSR count). The molecule has 1 aromatic rings. The maximum absolute atomic E-state index is 12.1. The Morgan fingerprint density at radius 1 is 1.25 bits per heavy atom. The van der Waals surface area contributed by atoms with Gasteiger partial charge in [-0.25, -0.2) is 4.79 Å². The van der Waals surface area contributed by atoms with Crippen LogP contribution in [0.1, 0.15) is 18.2 Å². The van der Waals surface area contributed by atoms with Gasteiger partial charge in [-0.15, -0.1) is 11.3 Å². The first-order chi connectivity index (χ1) is 9.56. The third-order valence-corrected chi connectivity index (χ3v) is 4.50. The summed E-state index contributed by atoms with van der Waals surface area (Å²) < 4.78 is 0.723. The fraction of sp³-hybridized carbons (Fsp3) is 0.538. The van der Waals surface area contributed by atoms with E-state index >= 15 is 0 Å². The number of amides is 3. The normalized spacial score (nSPS) is 15.9. The molecule has 0 radical (unpaired) electrons. The van der Waals surface area contributed by atoms with E-state index in [1.807, 2.05) is 12.1 Å². The highest BCUT2D eigenvalue weighted by Gasteiger charge is 2.19. The highest BCUT2D eigenvalue weighted by molar-refractivity contribution is 7.16. The van der Waals surface area contributed by atoms with E-state index < -0.39 is 0 Å². The number of nitrogens with zero attached hydrogens (tertiary/aromatic N) is 2. The van der Waals surface area contributed by atoms with Crippen molar-refractivity contribution >= 4 is 34.9 Å². The maximum atomic E-state index is 12.1. The zero-order chi connectivity index (χ0) is 14.5. The predicted molar refractivity (Wildman–Crippen MR) is 80.0 cm³/mol. The molecular formula is C13H18ClN3O2S. The van der Waals surface area contributed by atoms with Crippen molar-refractivity contribution in [2.24, 2.45) is 0 Å². The first-order valence-electron chi connectivity index (χ1n) is 6.59. The van der Waals surface area contributed by atoms with Gasteiger partial charge in [0.2, 0.25) is 5.91 Å². The van der Waals surface area contributed by atoms with E-state index in [1.165, 1.54) is 11.3 Å². The van der Waals surface area contributed by atoms with Gasteiger partial charge in [0.25, 0.3) is 0 Å². The van der Waals surface area contributed by atoms with Crippen LogP contribution in [0.2, 0.25) is 4.34 Å². The number of urea groups is 1. The molecule has 1 aliphatic heterocycles. The van der Waals surface area contributed by atoms with Crippen molar-refractivity contribution in [1.82, 2.24) is 15.1 Å². The number of carbonyl (C=O) groups excluding carboxylic acids is 2. The molecule has 0 spiro atoms. The summed E-state index contributed by atoms with van der Waals surface area (Å²) in [7, 11) is 0. The van der Waals surface area contributed by atoms with Gasteiger partial charge in [0.05, 0.1) is 10.9 Å². The quantitative estimate of drug-likeness (QED) is 0.909. The minimum absolute atomic E-state index is 0.0699. The number of hydrogen-bond acceptors (Lipinski definition) is 3.